The molecule has 0 bridgehead atoms. The van der Waals surface area contributed by atoms with Gasteiger partial charge in [-0.15, -0.1) is 11.3 Å². The summed E-state index contributed by atoms with van der Waals surface area (Å²) in [6.07, 6.45) is 1.55. The number of nitrogens with zero attached hydrogens (tertiary/aromatic N) is 2. The predicted octanol–water partition coefficient (Wildman–Crippen LogP) is 3.83. The van der Waals surface area contributed by atoms with Gasteiger partial charge in [0.05, 0.1) is 6.04 Å². The van der Waals surface area contributed by atoms with Crippen molar-refractivity contribution in [1.29, 1.82) is 0 Å². The summed E-state index contributed by atoms with van der Waals surface area (Å²) in [6.45, 7) is 5.68. The molecule has 0 saturated carbocycles. The van der Waals surface area contributed by atoms with Gasteiger partial charge in [-0.25, -0.2) is 9.18 Å². The van der Waals surface area contributed by atoms with Gasteiger partial charge in [-0.2, -0.15) is 0 Å². The average Bonchev–Trinajstić information content (AvgIpc) is 3.21. The Hall–Kier alpha value is -2.61. The molecule has 1 atom stereocenters. The van der Waals surface area contributed by atoms with Gasteiger partial charge in [-0.1, -0.05) is 13.0 Å². The number of hydrogen-bond acceptors (Lipinski definition) is 4. The number of thiophene rings is 1. The number of amides is 3. The first-order valence-electron chi connectivity index (χ1n) is 10.3. The highest BCUT2D eigenvalue weighted by Gasteiger charge is 2.33. The van der Waals surface area contributed by atoms with E-state index in [-0.39, 0.29) is 36.9 Å². The molecule has 0 aliphatic carbocycles. The molecule has 3 rings (SSSR count). The minimum Gasteiger partial charge on any atom is -0.491 e. The molecule has 1 aliphatic rings. The van der Waals surface area contributed by atoms with Crippen LogP contribution in [-0.4, -0.2) is 54.5 Å². The van der Waals surface area contributed by atoms with Crippen LogP contribution >= 0.6 is 11.3 Å². The minimum atomic E-state index is -0.363. The minimum absolute atomic E-state index is 0.0234. The first-order chi connectivity index (χ1) is 14.5. The molecule has 1 N–H and O–H groups in total. The smallest absolute Gasteiger partial charge is 0.317 e. The second-order valence-corrected chi connectivity index (χ2v) is 8.18. The maximum Gasteiger partial charge on any atom is 0.317 e. The summed E-state index contributed by atoms with van der Waals surface area (Å²) in [5.74, 6) is -0.0449. The van der Waals surface area contributed by atoms with Crippen LogP contribution in [0.25, 0.3) is 0 Å². The largest absolute Gasteiger partial charge is 0.491 e. The number of carbonyl (C=O) groups is 2. The number of fused-ring (bicyclic) bond motifs is 1. The lowest BCUT2D eigenvalue weighted by Crippen LogP contribution is -2.50. The second-order valence-electron chi connectivity index (χ2n) is 7.18. The Kier molecular flexibility index (Phi) is 7.68. The lowest BCUT2D eigenvalue weighted by atomic mass is 10.0. The van der Waals surface area contributed by atoms with Crippen molar-refractivity contribution in [3.05, 3.63) is 52.0 Å². The first-order valence-corrected chi connectivity index (χ1v) is 11.2. The summed E-state index contributed by atoms with van der Waals surface area (Å²) in [5, 5.41) is 4.79. The fourth-order valence-electron chi connectivity index (χ4n) is 3.65. The zero-order valence-corrected chi connectivity index (χ0v) is 18.2. The van der Waals surface area contributed by atoms with E-state index in [1.165, 1.54) is 17.0 Å². The van der Waals surface area contributed by atoms with Crippen LogP contribution in [0.3, 0.4) is 0 Å². The van der Waals surface area contributed by atoms with Crippen molar-refractivity contribution in [2.45, 2.75) is 32.7 Å². The highest BCUT2D eigenvalue weighted by Crippen LogP contribution is 2.34. The first kappa shape index (κ1) is 22.1. The van der Waals surface area contributed by atoms with Gasteiger partial charge in [0.2, 0.25) is 5.91 Å². The molecule has 8 heteroatoms. The number of urea groups is 1. The third kappa shape index (κ3) is 5.30. The standard InChI is InChI=1S/C22H28FN3O3S/c1-3-10-25(22(28)24-4-2)14-21(27)26-11-8-20-18(9-12-30-20)19(26)15-29-17-7-5-6-16(23)13-17/h5-7,9,12-13,19H,3-4,8,10-11,14-15H2,1-2H3,(H,24,28)/t19-/m0/s1. The Morgan fingerprint density at radius 1 is 1.33 bits per heavy atom. The number of hydrogen-bond donors (Lipinski definition) is 1. The molecule has 1 aromatic heterocycles. The molecule has 2 heterocycles. The topological polar surface area (TPSA) is 61.9 Å². The van der Waals surface area contributed by atoms with E-state index >= 15 is 0 Å². The number of halogens is 1. The van der Waals surface area contributed by atoms with Crippen LogP contribution in [-0.2, 0) is 11.2 Å². The Bertz CT molecular complexity index is 873. The van der Waals surface area contributed by atoms with Crippen molar-refractivity contribution in [2.75, 3.05) is 32.8 Å². The van der Waals surface area contributed by atoms with Crippen LogP contribution in [0.5, 0.6) is 5.75 Å². The number of carbonyl (C=O) groups excluding carboxylic acids is 2. The normalized spacial score (nSPS) is 15.4. The Morgan fingerprint density at radius 2 is 2.17 bits per heavy atom. The summed E-state index contributed by atoms with van der Waals surface area (Å²) in [6, 6.07) is 7.52. The average molecular weight is 434 g/mol. The van der Waals surface area contributed by atoms with E-state index < -0.39 is 0 Å². The van der Waals surface area contributed by atoms with Crippen molar-refractivity contribution in [3.8, 4) is 5.75 Å². The summed E-state index contributed by atoms with van der Waals surface area (Å²) < 4.78 is 19.3. The molecule has 1 aromatic carbocycles. The van der Waals surface area contributed by atoms with Crippen molar-refractivity contribution in [2.24, 2.45) is 0 Å². The van der Waals surface area contributed by atoms with Crippen molar-refractivity contribution in [1.82, 2.24) is 15.1 Å². The molecular formula is C22H28FN3O3S. The number of ether oxygens (including phenoxy) is 1. The highest BCUT2D eigenvalue weighted by molar-refractivity contribution is 7.10. The molecule has 1 aliphatic heterocycles. The van der Waals surface area contributed by atoms with E-state index in [1.54, 1.807) is 33.3 Å². The molecule has 30 heavy (non-hydrogen) atoms. The molecule has 0 unspecified atom stereocenters. The zero-order valence-electron chi connectivity index (χ0n) is 17.4. The van der Waals surface area contributed by atoms with Gasteiger partial charge < -0.3 is 19.9 Å². The van der Waals surface area contributed by atoms with Gasteiger partial charge in [0.1, 0.15) is 24.7 Å². The van der Waals surface area contributed by atoms with Crippen LogP contribution < -0.4 is 10.1 Å². The van der Waals surface area contributed by atoms with Gasteiger partial charge in [-0.3, -0.25) is 4.79 Å². The summed E-state index contributed by atoms with van der Waals surface area (Å²) in [5.41, 5.74) is 1.07. The number of nitrogens with one attached hydrogen (secondary N) is 1. The fraction of sp³-hybridized carbons (Fsp3) is 0.455. The zero-order chi connectivity index (χ0) is 21.5. The Morgan fingerprint density at radius 3 is 2.90 bits per heavy atom. The molecule has 3 amide bonds. The molecule has 0 fully saturated rings. The van der Waals surface area contributed by atoms with Crippen LogP contribution in [0.1, 0.15) is 36.8 Å². The SMILES string of the molecule is CCCN(CC(=O)N1CCc2sccc2[C@@H]1COc1cccc(F)c1)C(=O)NCC. The Balaban J connectivity index is 1.75. The maximum atomic E-state index is 13.5. The van der Waals surface area contributed by atoms with E-state index in [1.807, 2.05) is 25.3 Å². The number of rotatable bonds is 8. The third-order valence-electron chi connectivity index (χ3n) is 5.05. The van der Waals surface area contributed by atoms with Crippen molar-refractivity contribution < 1.29 is 18.7 Å². The van der Waals surface area contributed by atoms with Gasteiger partial charge in [0.25, 0.3) is 0 Å². The quantitative estimate of drug-likeness (QED) is 0.688. The van der Waals surface area contributed by atoms with E-state index in [2.05, 4.69) is 5.32 Å². The lowest BCUT2D eigenvalue weighted by Gasteiger charge is -2.37. The Labute approximate surface area is 180 Å². The fourth-order valence-corrected chi connectivity index (χ4v) is 4.57. The third-order valence-corrected chi connectivity index (χ3v) is 6.05. The second kappa shape index (κ2) is 10.4. The molecule has 6 nitrogen and oxygen atoms in total. The molecule has 0 saturated heterocycles. The van der Waals surface area contributed by atoms with Gasteiger partial charge in [0, 0.05) is 30.6 Å². The van der Waals surface area contributed by atoms with Crippen LogP contribution in [0.4, 0.5) is 9.18 Å². The van der Waals surface area contributed by atoms with E-state index in [4.69, 9.17) is 4.74 Å². The van der Waals surface area contributed by atoms with E-state index in [0.717, 1.165) is 18.4 Å². The van der Waals surface area contributed by atoms with Crippen LogP contribution in [0.2, 0.25) is 0 Å². The van der Waals surface area contributed by atoms with Gasteiger partial charge in [0.15, 0.2) is 0 Å². The molecule has 0 spiro atoms. The van der Waals surface area contributed by atoms with Crippen molar-refractivity contribution >= 4 is 23.3 Å². The van der Waals surface area contributed by atoms with Gasteiger partial charge in [-0.05, 0) is 48.9 Å². The predicted molar refractivity (Wildman–Crippen MR) is 115 cm³/mol. The maximum absolute atomic E-state index is 13.5. The number of benzene rings is 1. The molecule has 0 radical (unpaired) electrons. The van der Waals surface area contributed by atoms with Crippen molar-refractivity contribution in [3.63, 3.8) is 0 Å². The summed E-state index contributed by atoms with van der Waals surface area (Å²) in [7, 11) is 0. The lowest BCUT2D eigenvalue weighted by molar-refractivity contribution is -0.135. The van der Waals surface area contributed by atoms with E-state index in [9.17, 15) is 14.0 Å². The van der Waals surface area contributed by atoms with Gasteiger partial charge >= 0.3 is 6.03 Å². The van der Waals surface area contributed by atoms with E-state index in [0.29, 0.717) is 25.4 Å². The van der Waals surface area contributed by atoms with Crippen LogP contribution in [0.15, 0.2) is 35.7 Å². The van der Waals surface area contributed by atoms with Crippen LogP contribution in [0, 0.1) is 5.82 Å². The molecular weight excluding hydrogens is 405 g/mol. The summed E-state index contributed by atoms with van der Waals surface area (Å²) in [4.78, 5) is 30.1. The summed E-state index contributed by atoms with van der Waals surface area (Å²) >= 11 is 1.67. The molecule has 162 valence electrons. The highest BCUT2D eigenvalue weighted by atomic mass is 32.1. The molecule has 2 aromatic rings. The monoisotopic (exact) mass is 433 g/mol.